The molecule has 0 aromatic heterocycles. The minimum atomic E-state index is -1.01. The molecule has 0 fully saturated rings. The average molecular weight is 198 g/mol. The molecule has 1 aromatic rings. The molecule has 76 valence electrons. The molecular weight excluding hydrogens is 187 g/mol. The Morgan fingerprint density at radius 1 is 1.57 bits per heavy atom. The van der Waals surface area contributed by atoms with Gasteiger partial charge < -0.3 is 9.84 Å². The van der Waals surface area contributed by atoms with Gasteiger partial charge in [0.2, 0.25) is 0 Å². The standard InChI is InChI=1S/C10H11FO3/c1-6-3-8(11)4-7(5-9(12)13)10(6)14-2/h3-4H,5H2,1-2H3,(H,12,13). The summed E-state index contributed by atoms with van der Waals surface area (Å²) in [6.07, 6.45) is -0.234. The number of ether oxygens (including phenoxy) is 1. The van der Waals surface area contributed by atoms with E-state index < -0.39 is 11.8 Å². The Hall–Kier alpha value is -1.58. The maximum absolute atomic E-state index is 12.9. The highest BCUT2D eigenvalue weighted by molar-refractivity contribution is 5.71. The quantitative estimate of drug-likeness (QED) is 0.805. The van der Waals surface area contributed by atoms with Crippen LogP contribution in [-0.4, -0.2) is 18.2 Å². The number of carboxylic acid groups (broad SMARTS) is 1. The van der Waals surface area contributed by atoms with Crippen molar-refractivity contribution in [1.82, 2.24) is 0 Å². The molecule has 0 aliphatic heterocycles. The lowest BCUT2D eigenvalue weighted by molar-refractivity contribution is -0.136. The minimum absolute atomic E-state index is 0.234. The van der Waals surface area contributed by atoms with Crippen molar-refractivity contribution >= 4 is 5.97 Å². The van der Waals surface area contributed by atoms with Crippen molar-refractivity contribution in [2.45, 2.75) is 13.3 Å². The summed E-state index contributed by atoms with van der Waals surface area (Å²) in [7, 11) is 1.44. The van der Waals surface area contributed by atoms with Gasteiger partial charge in [0.15, 0.2) is 0 Å². The molecule has 0 saturated carbocycles. The van der Waals surface area contributed by atoms with Gasteiger partial charge in [-0.15, -0.1) is 0 Å². The fourth-order valence-electron chi connectivity index (χ4n) is 1.39. The minimum Gasteiger partial charge on any atom is -0.496 e. The number of hydrogen-bond acceptors (Lipinski definition) is 2. The number of hydrogen-bond donors (Lipinski definition) is 1. The SMILES string of the molecule is COc1c(C)cc(F)cc1CC(=O)O. The van der Waals surface area contributed by atoms with Crippen LogP contribution in [0, 0.1) is 12.7 Å². The van der Waals surface area contributed by atoms with Gasteiger partial charge in [0.1, 0.15) is 11.6 Å². The second-order valence-corrected chi connectivity index (χ2v) is 2.99. The summed E-state index contributed by atoms with van der Waals surface area (Å²) in [5, 5.41) is 8.59. The molecule has 0 amide bonds. The van der Waals surface area contributed by atoms with E-state index in [2.05, 4.69) is 0 Å². The molecule has 3 nitrogen and oxygen atoms in total. The molecule has 4 heteroatoms. The van der Waals surface area contributed by atoms with Gasteiger partial charge >= 0.3 is 5.97 Å². The van der Waals surface area contributed by atoms with Crippen molar-refractivity contribution in [3.05, 3.63) is 29.1 Å². The van der Waals surface area contributed by atoms with Gasteiger partial charge in [-0.2, -0.15) is 0 Å². The first-order valence-electron chi connectivity index (χ1n) is 4.09. The second kappa shape index (κ2) is 4.09. The third kappa shape index (κ3) is 2.22. The molecular formula is C10H11FO3. The number of rotatable bonds is 3. The number of carbonyl (C=O) groups is 1. The van der Waals surface area contributed by atoms with Crippen LogP contribution in [0.1, 0.15) is 11.1 Å². The van der Waals surface area contributed by atoms with Crippen molar-refractivity contribution in [2.75, 3.05) is 7.11 Å². The van der Waals surface area contributed by atoms with Crippen molar-refractivity contribution in [2.24, 2.45) is 0 Å². The van der Waals surface area contributed by atoms with Gasteiger partial charge in [0.25, 0.3) is 0 Å². The summed E-state index contributed by atoms with van der Waals surface area (Å²) in [4.78, 5) is 10.5. The first-order chi connectivity index (χ1) is 6.54. The Morgan fingerprint density at radius 2 is 2.21 bits per heavy atom. The van der Waals surface area contributed by atoms with Crippen molar-refractivity contribution in [3.63, 3.8) is 0 Å². The number of halogens is 1. The molecule has 0 aliphatic rings. The summed E-state index contributed by atoms with van der Waals surface area (Å²) in [5.74, 6) is -1.01. The van der Waals surface area contributed by atoms with Gasteiger partial charge in [-0.05, 0) is 24.6 Å². The van der Waals surface area contributed by atoms with Crippen LogP contribution in [0.2, 0.25) is 0 Å². The molecule has 0 atom stereocenters. The van der Waals surface area contributed by atoms with Crippen LogP contribution in [0.4, 0.5) is 4.39 Å². The fourth-order valence-corrected chi connectivity index (χ4v) is 1.39. The number of aliphatic carboxylic acids is 1. The molecule has 1 N–H and O–H groups in total. The maximum atomic E-state index is 12.9. The van der Waals surface area contributed by atoms with Crippen LogP contribution in [-0.2, 0) is 11.2 Å². The van der Waals surface area contributed by atoms with Crippen LogP contribution in [0.5, 0.6) is 5.75 Å². The van der Waals surface area contributed by atoms with Crippen LogP contribution >= 0.6 is 0 Å². The van der Waals surface area contributed by atoms with Gasteiger partial charge in [0, 0.05) is 5.56 Å². The van der Waals surface area contributed by atoms with E-state index >= 15 is 0 Å². The van der Waals surface area contributed by atoms with E-state index in [0.29, 0.717) is 16.9 Å². The first kappa shape index (κ1) is 10.5. The van der Waals surface area contributed by atoms with Crippen LogP contribution < -0.4 is 4.74 Å². The topological polar surface area (TPSA) is 46.5 Å². The van der Waals surface area contributed by atoms with Crippen molar-refractivity contribution in [1.29, 1.82) is 0 Å². The Kier molecular flexibility index (Phi) is 3.06. The lowest BCUT2D eigenvalue weighted by Crippen LogP contribution is -2.04. The molecule has 0 radical (unpaired) electrons. The zero-order chi connectivity index (χ0) is 10.7. The highest BCUT2D eigenvalue weighted by Crippen LogP contribution is 2.24. The smallest absolute Gasteiger partial charge is 0.307 e. The van der Waals surface area contributed by atoms with Crippen LogP contribution in [0.3, 0.4) is 0 Å². The summed E-state index contributed by atoms with van der Waals surface area (Å²) in [5.41, 5.74) is 0.959. The monoisotopic (exact) mass is 198 g/mol. The van der Waals surface area contributed by atoms with E-state index in [9.17, 15) is 9.18 Å². The molecule has 0 aliphatic carbocycles. The van der Waals surface area contributed by atoms with Crippen molar-refractivity contribution < 1.29 is 19.0 Å². The Bertz CT molecular complexity index is 361. The van der Waals surface area contributed by atoms with Gasteiger partial charge in [-0.25, -0.2) is 4.39 Å². The van der Waals surface area contributed by atoms with E-state index in [1.165, 1.54) is 19.2 Å². The lowest BCUT2D eigenvalue weighted by Gasteiger charge is -2.09. The van der Waals surface area contributed by atoms with E-state index in [0.717, 1.165) is 0 Å². The molecule has 14 heavy (non-hydrogen) atoms. The van der Waals surface area contributed by atoms with Gasteiger partial charge in [0.05, 0.1) is 13.5 Å². The van der Waals surface area contributed by atoms with E-state index in [-0.39, 0.29) is 6.42 Å². The van der Waals surface area contributed by atoms with Gasteiger partial charge in [-0.3, -0.25) is 4.79 Å². The predicted molar refractivity (Wildman–Crippen MR) is 49.0 cm³/mol. The molecule has 0 heterocycles. The summed E-state index contributed by atoms with van der Waals surface area (Å²) >= 11 is 0. The summed E-state index contributed by atoms with van der Waals surface area (Å²) in [6.45, 7) is 1.67. The van der Waals surface area contributed by atoms with E-state index in [1.54, 1.807) is 6.92 Å². The predicted octanol–water partition coefficient (Wildman–Crippen LogP) is 1.77. The fraction of sp³-hybridized carbons (Fsp3) is 0.300. The average Bonchev–Trinajstić information content (AvgIpc) is 2.01. The Labute approximate surface area is 81.1 Å². The summed E-state index contributed by atoms with van der Waals surface area (Å²) < 4.78 is 17.9. The first-order valence-corrected chi connectivity index (χ1v) is 4.09. The highest BCUT2D eigenvalue weighted by Gasteiger charge is 2.11. The molecule has 0 saturated heterocycles. The third-order valence-corrected chi connectivity index (χ3v) is 1.86. The maximum Gasteiger partial charge on any atom is 0.307 e. The zero-order valence-corrected chi connectivity index (χ0v) is 8.00. The zero-order valence-electron chi connectivity index (χ0n) is 8.00. The lowest BCUT2D eigenvalue weighted by atomic mass is 10.1. The van der Waals surface area contributed by atoms with Gasteiger partial charge in [-0.1, -0.05) is 0 Å². The molecule has 0 unspecified atom stereocenters. The number of aryl methyl sites for hydroxylation is 1. The largest absolute Gasteiger partial charge is 0.496 e. The molecule has 1 aromatic carbocycles. The Morgan fingerprint density at radius 3 is 2.71 bits per heavy atom. The normalized spacial score (nSPS) is 9.93. The van der Waals surface area contributed by atoms with Crippen LogP contribution in [0.15, 0.2) is 12.1 Å². The molecule has 0 bridgehead atoms. The van der Waals surface area contributed by atoms with Crippen LogP contribution in [0.25, 0.3) is 0 Å². The highest BCUT2D eigenvalue weighted by atomic mass is 19.1. The van der Waals surface area contributed by atoms with Crippen molar-refractivity contribution in [3.8, 4) is 5.75 Å². The number of methoxy groups -OCH3 is 1. The molecule has 1 rings (SSSR count). The summed E-state index contributed by atoms with van der Waals surface area (Å²) in [6, 6.07) is 2.49. The number of carboxylic acids is 1. The molecule has 0 spiro atoms. The Balaban J connectivity index is 3.17. The number of benzene rings is 1. The third-order valence-electron chi connectivity index (χ3n) is 1.86. The van der Waals surface area contributed by atoms with E-state index in [4.69, 9.17) is 9.84 Å². The van der Waals surface area contributed by atoms with E-state index in [1.807, 2.05) is 0 Å². The second-order valence-electron chi connectivity index (χ2n) is 2.99.